The second-order valence-electron chi connectivity index (χ2n) is 6.68. The van der Waals surface area contributed by atoms with Gasteiger partial charge in [0.15, 0.2) is 12.0 Å². The van der Waals surface area contributed by atoms with Crippen LogP contribution in [0, 0.1) is 5.92 Å². The quantitative estimate of drug-likeness (QED) is 0.831. The average Bonchev–Trinajstić information content (AvgIpc) is 3.23. The van der Waals surface area contributed by atoms with Gasteiger partial charge in [0.05, 0.1) is 25.0 Å². The van der Waals surface area contributed by atoms with Crippen LogP contribution in [0.4, 0.5) is 13.2 Å². The molecule has 0 aliphatic carbocycles. The van der Waals surface area contributed by atoms with Crippen LogP contribution in [0.15, 0.2) is 6.20 Å². The van der Waals surface area contributed by atoms with Crippen molar-refractivity contribution < 1.29 is 27.4 Å². The number of halogens is 3. The molecule has 0 spiro atoms. The van der Waals surface area contributed by atoms with Gasteiger partial charge in [-0.15, -0.1) is 0 Å². The highest BCUT2D eigenvalue weighted by Crippen LogP contribution is 2.35. The number of ether oxygens (including phenoxy) is 2. The molecule has 0 N–H and O–H groups in total. The van der Waals surface area contributed by atoms with Gasteiger partial charge >= 0.3 is 6.18 Å². The van der Waals surface area contributed by atoms with Gasteiger partial charge in [-0.25, -0.2) is 0 Å². The minimum atomic E-state index is -4.63. The largest absolute Gasteiger partial charge is 0.433 e. The van der Waals surface area contributed by atoms with Crippen molar-refractivity contribution in [2.45, 2.75) is 45.2 Å². The lowest BCUT2D eigenvalue weighted by Crippen LogP contribution is -2.42. The molecule has 2 fully saturated rings. The summed E-state index contributed by atoms with van der Waals surface area (Å²) in [6, 6.07) is -0.486. The number of hydrogen-bond acceptors (Lipinski definition) is 4. The van der Waals surface area contributed by atoms with E-state index in [2.05, 4.69) is 5.10 Å². The molecule has 2 aliphatic rings. The van der Waals surface area contributed by atoms with Crippen molar-refractivity contribution in [3.05, 3.63) is 17.5 Å². The Morgan fingerprint density at radius 3 is 2.36 bits per heavy atom. The van der Waals surface area contributed by atoms with Crippen molar-refractivity contribution in [1.82, 2.24) is 14.7 Å². The minimum absolute atomic E-state index is 0.173. The first-order valence-corrected chi connectivity index (χ1v) is 8.46. The normalized spacial score (nSPS) is 20.6. The summed E-state index contributed by atoms with van der Waals surface area (Å²) < 4.78 is 52.1. The van der Waals surface area contributed by atoms with Crippen LogP contribution in [0.3, 0.4) is 0 Å². The smallest absolute Gasteiger partial charge is 0.350 e. The third-order valence-corrected chi connectivity index (χ3v) is 4.64. The standard InChI is InChI=1S/C16H22F3N3O3/c1-10(2)22-13(16(17,18)19)12(9-20-22)14(23)21-5-3-11(4-6-21)15-24-7-8-25-15/h9-11,15H,3-8H2,1-2H3. The maximum atomic E-state index is 13.4. The van der Waals surface area contributed by atoms with E-state index >= 15 is 0 Å². The molecule has 3 heterocycles. The third kappa shape index (κ3) is 3.67. The Hall–Kier alpha value is -1.61. The molecular weight excluding hydrogens is 339 g/mol. The van der Waals surface area contributed by atoms with E-state index in [0.717, 1.165) is 10.9 Å². The van der Waals surface area contributed by atoms with Crippen molar-refractivity contribution in [3.63, 3.8) is 0 Å². The molecule has 2 saturated heterocycles. The van der Waals surface area contributed by atoms with E-state index in [0.29, 0.717) is 39.1 Å². The molecule has 0 radical (unpaired) electrons. The zero-order valence-electron chi connectivity index (χ0n) is 14.3. The van der Waals surface area contributed by atoms with Crippen molar-refractivity contribution in [2.24, 2.45) is 5.92 Å². The summed E-state index contributed by atoms with van der Waals surface area (Å²) in [7, 11) is 0. The number of carbonyl (C=O) groups excluding carboxylic acids is 1. The van der Waals surface area contributed by atoms with Gasteiger partial charge < -0.3 is 14.4 Å². The molecule has 6 nitrogen and oxygen atoms in total. The first-order chi connectivity index (χ1) is 11.8. The summed E-state index contributed by atoms with van der Waals surface area (Å²) in [5.41, 5.74) is -1.36. The monoisotopic (exact) mass is 361 g/mol. The van der Waals surface area contributed by atoms with Crippen molar-refractivity contribution in [1.29, 1.82) is 0 Å². The van der Waals surface area contributed by atoms with Crippen molar-refractivity contribution in [2.75, 3.05) is 26.3 Å². The molecule has 1 aromatic heterocycles. The van der Waals surface area contributed by atoms with Crippen LogP contribution in [0.5, 0.6) is 0 Å². The molecule has 9 heteroatoms. The third-order valence-electron chi connectivity index (χ3n) is 4.64. The maximum Gasteiger partial charge on any atom is 0.433 e. The Balaban J connectivity index is 1.73. The summed E-state index contributed by atoms with van der Waals surface area (Å²) in [6.07, 6.45) is -2.56. The molecular formula is C16H22F3N3O3. The van der Waals surface area contributed by atoms with E-state index in [1.165, 1.54) is 4.90 Å². The number of carbonyl (C=O) groups is 1. The summed E-state index contributed by atoms with van der Waals surface area (Å²) in [5.74, 6) is -0.446. The fourth-order valence-electron chi connectivity index (χ4n) is 3.39. The van der Waals surface area contributed by atoms with Gasteiger partial charge in [0.1, 0.15) is 0 Å². The number of rotatable bonds is 3. The fraction of sp³-hybridized carbons (Fsp3) is 0.750. The minimum Gasteiger partial charge on any atom is -0.350 e. The molecule has 0 saturated carbocycles. The zero-order chi connectivity index (χ0) is 18.2. The number of hydrogen-bond donors (Lipinski definition) is 0. The van der Waals surface area contributed by atoms with Crippen LogP contribution in [0.1, 0.15) is 48.8 Å². The summed E-state index contributed by atoms with van der Waals surface area (Å²) in [4.78, 5) is 14.1. The Morgan fingerprint density at radius 1 is 1.24 bits per heavy atom. The molecule has 2 aliphatic heterocycles. The highest BCUT2D eigenvalue weighted by molar-refractivity contribution is 5.95. The van der Waals surface area contributed by atoms with Crippen LogP contribution >= 0.6 is 0 Å². The van der Waals surface area contributed by atoms with Crippen molar-refractivity contribution in [3.8, 4) is 0 Å². The van der Waals surface area contributed by atoms with E-state index in [1.807, 2.05) is 0 Å². The highest BCUT2D eigenvalue weighted by atomic mass is 19.4. The van der Waals surface area contributed by atoms with Crippen LogP contribution < -0.4 is 0 Å². The van der Waals surface area contributed by atoms with E-state index in [9.17, 15) is 18.0 Å². The summed E-state index contributed by atoms with van der Waals surface area (Å²) >= 11 is 0. The highest BCUT2D eigenvalue weighted by Gasteiger charge is 2.42. The van der Waals surface area contributed by atoms with Crippen LogP contribution in [-0.2, 0) is 15.7 Å². The van der Waals surface area contributed by atoms with Gasteiger partial charge in [-0.1, -0.05) is 0 Å². The second-order valence-corrected chi connectivity index (χ2v) is 6.68. The number of likely N-dealkylation sites (tertiary alicyclic amines) is 1. The zero-order valence-corrected chi connectivity index (χ0v) is 14.3. The first-order valence-electron chi connectivity index (χ1n) is 8.46. The number of piperidine rings is 1. The van der Waals surface area contributed by atoms with E-state index in [4.69, 9.17) is 9.47 Å². The van der Waals surface area contributed by atoms with Crippen LogP contribution in [-0.4, -0.2) is 53.2 Å². The number of amides is 1. The molecule has 25 heavy (non-hydrogen) atoms. The van der Waals surface area contributed by atoms with Gasteiger partial charge in [0, 0.05) is 25.0 Å². The predicted molar refractivity (Wildman–Crippen MR) is 81.9 cm³/mol. The summed E-state index contributed by atoms with van der Waals surface area (Å²) in [5, 5.41) is 3.79. The van der Waals surface area contributed by atoms with Gasteiger partial charge in [-0.2, -0.15) is 18.3 Å². The second kappa shape index (κ2) is 6.95. The SMILES string of the molecule is CC(C)n1ncc(C(=O)N2CCC(C3OCCO3)CC2)c1C(F)(F)F. The maximum absolute atomic E-state index is 13.4. The summed E-state index contributed by atoms with van der Waals surface area (Å²) in [6.45, 7) is 5.10. The number of alkyl halides is 3. The average molecular weight is 361 g/mol. The van der Waals surface area contributed by atoms with Gasteiger partial charge in [0.2, 0.25) is 0 Å². The predicted octanol–water partition coefficient (Wildman–Crippen LogP) is 2.71. The molecule has 140 valence electrons. The van der Waals surface area contributed by atoms with Gasteiger partial charge in [-0.05, 0) is 26.7 Å². The number of nitrogens with zero attached hydrogens (tertiary/aromatic N) is 3. The number of aromatic nitrogens is 2. The van der Waals surface area contributed by atoms with Gasteiger partial charge in [0.25, 0.3) is 5.91 Å². The van der Waals surface area contributed by atoms with Crippen molar-refractivity contribution >= 4 is 5.91 Å². The molecule has 0 aromatic carbocycles. The first kappa shape index (κ1) is 18.2. The van der Waals surface area contributed by atoms with E-state index in [1.54, 1.807) is 13.8 Å². The Labute approximate surface area is 143 Å². The molecule has 1 amide bonds. The Kier molecular flexibility index (Phi) is 5.06. The Morgan fingerprint density at radius 2 is 1.84 bits per heavy atom. The molecule has 0 bridgehead atoms. The lowest BCUT2D eigenvalue weighted by Gasteiger charge is -2.33. The van der Waals surface area contributed by atoms with Crippen LogP contribution in [0.2, 0.25) is 0 Å². The van der Waals surface area contributed by atoms with Gasteiger partial charge in [-0.3, -0.25) is 9.48 Å². The lowest BCUT2D eigenvalue weighted by molar-refractivity contribution is -0.145. The molecule has 0 atom stereocenters. The molecule has 1 aromatic rings. The lowest BCUT2D eigenvalue weighted by atomic mass is 9.95. The molecule has 0 unspecified atom stereocenters. The molecule has 3 rings (SSSR count). The van der Waals surface area contributed by atoms with E-state index < -0.39 is 23.8 Å². The Bertz CT molecular complexity index is 616. The van der Waals surface area contributed by atoms with Crippen LogP contribution in [0.25, 0.3) is 0 Å². The van der Waals surface area contributed by atoms with E-state index in [-0.39, 0.29) is 17.8 Å². The fourth-order valence-corrected chi connectivity index (χ4v) is 3.39. The topological polar surface area (TPSA) is 56.6 Å².